The van der Waals surface area contributed by atoms with Crippen molar-refractivity contribution in [1.82, 2.24) is 9.62 Å². The van der Waals surface area contributed by atoms with Crippen LogP contribution in [0.4, 0.5) is 5.69 Å². The van der Waals surface area contributed by atoms with Crippen LogP contribution in [0, 0.1) is 13.8 Å². The topological polar surface area (TPSA) is 122 Å². The standard InChI is InChI=1S/C27H31N3O6S2/c1-20-5-11-24(12-6-20)37(32,33)29-26-19-22(8-7-21(26)2)27(31)28-15-18-36-23-9-13-25(14-10-23)38(34,35)30-16-3-4-17-30/h5-14,19,29H,3-4,15-18H2,1-2H3,(H,28,31). The molecule has 1 heterocycles. The third-order valence-electron chi connectivity index (χ3n) is 6.26. The molecule has 1 saturated heterocycles. The van der Waals surface area contributed by atoms with E-state index >= 15 is 0 Å². The summed E-state index contributed by atoms with van der Waals surface area (Å²) >= 11 is 0. The second-order valence-corrected chi connectivity index (χ2v) is 12.8. The van der Waals surface area contributed by atoms with E-state index in [-0.39, 0.29) is 28.8 Å². The number of aryl methyl sites for hydroxylation is 2. The summed E-state index contributed by atoms with van der Waals surface area (Å²) in [4.78, 5) is 13.0. The van der Waals surface area contributed by atoms with Gasteiger partial charge in [-0.1, -0.05) is 23.8 Å². The van der Waals surface area contributed by atoms with Crippen LogP contribution in [0.1, 0.15) is 34.3 Å². The number of carbonyl (C=O) groups excluding carboxylic acids is 1. The number of ether oxygens (including phenoxy) is 1. The van der Waals surface area contributed by atoms with E-state index < -0.39 is 20.0 Å². The van der Waals surface area contributed by atoms with Crippen LogP contribution in [-0.2, 0) is 20.0 Å². The number of nitrogens with one attached hydrogen (secondary N) is 2. The Labute approximate surface area is 223 Å². The molecule has 1 fully saturated rings. The number of rotatable bonds is 10. The number of carbonyl (C=O) groups is 1. The molecule has 38 heavy (non-hydrogen) atoms. The second-order valence-electron chi connectivity index (χ2n) is 9.14. The first-order valence-corrected chi connectivity index (χ1v) is 15.2. The van der Waals surface area contributed by atoms with Gasteiger partial charge < -0.3 is 10.1 Å². The lowest BCUT2D eigenvalue weighted by molar-refractivity contribution is 0.0947. The van der Waals surface area contributed by atoms with Crippen LogP contribution < -0.4 is 14.8 Å². The summed E-state index contributed by atoms with van der Waals surface area (Å²) in [5.41, 5.74) is 2.24. The van der Waals surface area contributed by atoms with Crippen LogP contribution in [0.3, 0.4) is 0 Å². The smallest absolute Gasteiger partial charge is 0.261 e. The van der Waals surface area contributed by atoms with Crippen molar-refractivity contribution in [2.24, 2.45) is 0 Å². The highest BCUT2D eigenvalue weighted by molar-refractivity contribution is 7.92. The van der Waals surface area contributed by atoms with E-state index in [0.29, 0.717) is 35.7 Å². The predicted octanol–water partition coefficient (Wildman–Crippen LogP) is 3.70. The monoisotopic (exact) mass is 557 g/mol. The van der Waals surface area contributed by atoms with Gasteiger partial charge in [-0.15, -0.1) is 0 Å². The van der Waals surface area contributed by atoms with Crippen LogP contribution in [0.15, 0.2) is 76.5 Å². The van der Waals surface area contributed by atoms with Crippen LogP contribution in [0.25, 0.3) is 0 Å². The summed E-state index contributed by atoms with van der Waals surface area (Å²) in [5, 5.41) is 2.75. The first-order chi connectivity index (χ1) is 18.1. The Morgan fingerprint density at radius 1 is 0.868 bits per heavy atom. The Morgan fingerprint density at radius 3 is 2.16 bits per heavy atom. The van der Waals surface area contributed by atoms with E-state index in [4.69, 9.17) is 4.74 Å². The summed E-state index contributed by atoms with van der Waals surface area (Å²) in [6.45, 7) is 5.08. The number of anilines is 1. The summed E-state index contributed by atoms with van der Waals surface area (Å²) in [6, 6.07) is 17.5. The first kappa shape index (κ1) is 27.6. The molecule has 0 aliphatic carbocycles. The maximum Gasteiger partial charge on any atom is 0.261 e. The van der Waals surface area contributed by atoms with E-state index in [0.717, 1.165) is 18.4 Å². The van der Waals surface area contributed by atoms with Crippen molar-refractivity contribution in [2.45, 2.75) is 36.5 Å². The van der Waals surface area contributed by atoms with Crippen molar-refractivity contribution >= 4 is 31.6 Å². The van der Waals surface area contributed by atoms with Gasteiger partial charge in [-0.25, -0.2) is 16.8 Å². The Bertz CT molecular complexity index is 1500. The molecule has 2 N–H and O–H groups in total. The number of hydrogen-bond acceptors (Lipinski definition) is 6. The summed E-state index contributed by atoms with van der Waals surface area (Å²) in [6.07, 6.45) is 1.75. The molecule has 202 valence electrons. The molecule has 3 aromatic rings. The van der Waals surface area contributed by atoms with Crippen LogP contribution in [0.2, 0.25) is 0 Å². The number of amides is 1. The summed E-state index contributed by atoms with van der Waals surface area (Å²) in [7, 11) is -7.29. The lowest BCUT2D eigenvalue weighted by atomic mass is 10.1. The Kier molecular flexibility index (Phi) is 8.39. The van der Waals surface area contributed by atoms with Crippen molar-refractivity contribution in [2.75, 3.05) is 31.0 Å². The molecule has 4 rings (SSSR count). The van der Waals surface area contributed by atoms with Gasteiger partial charge in [-0.3, -0.25) is 9.52 Å². The van der Waals surface area contributed by atoms with Gasteiger partial charge in [0, 0.05) is 18.7 Å². The summed E-state index contributed by atoms with van der Waals surface area (Å²) in [5.74, 6) is 0.110. The first-order valence-electron chi connectivity index (χ1n) is 12.3. The van der Waals surface area contributed by atoms with Crippen molar-refractivity contribution in [3.8, 4) is 5.75 Å². The molecule has 3 aromatic carbocycles. The van der Waals surface area contributed by atoms with Gasteiger partial charge in [0.05, 0.1) is 22.0 Å². The Hall–Kier alpha value is -3.41. The molecule has 0 unspecified atom stereocenters. The third-order valence-corrected chi connectivity index (χ3v) is 9.55. The number of sulfonamides is 2. The summed E-state index contributed by atoms with van der Waals surface area (Å²) < 4.78 is 60.5. The number of nitrogens with zero attached hydrogens (tertiary/aromatic N) is 1. The Balaban J connectivity index is 1.31. The van der Waals surface area contributed by atoms with E-state index in [1.54, 1.807) is 43.3 Å². The highest BCUT2D eigenvalue weighted by Crippen LogP contribution is 2.24. The molecule has 0 atom stereocenters. The predicted molar refractivity (Wildman–Crippen MR) is 145 cm³/mol. The van der Waals surface area contributed by atoms with E-state index in [1.807, 2.05) is 6.92 Å². The molecular weight excluding hydrogens is 526 g/mol. The fourth-order valence-electron chi connectivity index (χ4n) is 4.02. The molecule has 0 saturated carbocycles. The lowest BCUT2D eigenvalue weighted by Gasteiger charge is -2.15. The van der Waals surface area contributed by atoms with Crippen molar-refractivity contribution in [1.29, 1.82) is 0 Å². The van der Waals surface area contributed by atoms with Gasteiger partial charge in [0.15, 0.2) is 0 Å². The molecule has 0 aromatic heterocycles. The molecule has 0 radical (unpaired) electrons. The SMILES string of the molecule is Cc1ccc(S(=O)(=O)Nc2cc(C(=O)NCCOc3ccc(S(=O)(=O)N4CCCC4)cc3)ccc2C)cc1. The molecule has 9 nitrogen and oxygen atoms in total. The molecule has 11 heteroatoms. The minimum atomic E-state index is -3.81. The van der Waals surface area contributed by atoms with Gasteiger partial charge in [-0.05, 0) is 80.8 Å². The van der Waals surface area contributed by atoms with Crippen LogP contribution in [0.5, 0.6) is 5.75 Å². The number of benzene rings is 3. The average molecular weight is 558 g/mol. The Morgan fingerprint density at radius 2 is 1.50 bits per heavy atom. The zero-order valence-electron chi connectivity index (χ0n) is 21.3. The highest BCUT2D eigenvalue weighted by atomic mass is 32.2. The van der Waals surface area contributed by atoms with Crippen LogP contribution in [-0.4, -0.2) is 53.3 Å². The minimum Gasteiger partial charge on any atom is -0.492 e. The largest absolute Gasteiger partial charge is 0.492 e. The van der Waals surface area contributed by atoms with Crippen molar-refractivity contribution < 1.29 is 26.4 Å². The molecule has 0 spiro atoms. The van der Waals surface area contributed by atoms with Crippen molar-refractivity contribution in [3.05, 3.63) is 83.4 Å². The minimum absolute atomic E-state index is 0.135. The molecule has 1 aliphatic rings. The van der Waals surface area contributed by atoms with Crippen molar-refractivity contribution in [3.63, 3.8) is 0 Å². The normalized spacial score (nSPS) is 14.3. The van der Waals surface area contributed by atoms with Gasteiger partial charge >= 0.3 is 0 Å². The van der Waals surface area contributed by atoms with Gasteiger partial charge in [0.25, 0.3) is 15.9 Å². The number of hydrogen-bond donors (Lipinski definition) is 2. The zero-order chi connectivity index (χ0) is 27.3. The van der Waals surface area contributed by atoms with E-state index in [2.05, 4.69) is 10.0 Å². The van der Waals surface area contributed by atoms with Crippen LogP contribution >= 0.6 is 0 Å². The second kappa shape index (κ2) is 11.5. The maximum atomic E-state index is 12.8. The third kappa shape index (κ3) is 6.53. The zero-order valence-corrected chi connectivity index (χ0v) is 22.9. The van der Waals surface area contributed by atoms with Gasteiger partial charge in [-0.2, -0.15) is 4.31 Å². The quantitative estimate of drug-likeness (QED) is 0.367. The maximum absolute atomic E-state index is 12.8. The fourth-order valence-corrected chi connectivity index (χ4v) is 6.65. The fraction of sp³-hybridized carbons (Fsp3) is 0.296. The van der Waals surface area contributed by atoms with Gasteiger partial charge in [0.2, 0.25) is 10.0 Å². The molecule has 1 aliphatic heterocycles. The average Bonchev–Trinajstić information content (AvgIpc) is 3.44. The van der Waals surface area contributed by atoms with E-state index in [9.17, 15) is 21.6 Å². The van der Waals surface area contributed by atoms with E-state index in [1.165, 1.54) is 34.6 Å². The van der Waals surface area contributed by atoms with Gasteiger partial charge in [0.1, 0.15) is 12.4 Å². The molecular formula is C27H31N3O6S2. The lowest BCUT2D eigenvalue weighted by Crippen LogP contribution is -2.28. The molecule has 0 bridgehead atoms. The molecule has 1 amide bonds. The highest BCUT2D eigenvalue weighted by Gasteiger charge is 2.27.